The zero-order valence-corrected chi connectivity index (χ0v) is 11.1. The molecular weight excluding hydrogens is 252 g/mol. The van der Waals surface area contributed by atoms with Crippen LogP contribution in [0.25, 0.3) is 5.82 Å². The predicted octanol–water partition coefficient (Wildman–Crippen LogP) is 1.98. The van der Waals surface area contributed by atoms with Crippen LogP contribution in [-0.2, 0) is 6.54 Å². The van der Waals surface area contributed by atoms with E-state index in [0.717, 1.165) is 23.0 Å². The van der Waals surface area contributed by atoms with E-state index in [2.05, 4.69) is 25.3 Å². The van der Waals surface area contributed by atoms with Gasteiger partial charge in [0.05, 0.1) is 24.1 Å². The van der Waals surface area contributed by atoms with Gasteiger partial charge in [0.15, 0.2) is 5.82 Å². The highest BCUT2D eigenvalue weighted by Crippen LogP contribution is 2.18. The highest BCUT2D eigenvalue weighted by Gasteiger charge is 2.07. The molecule has 6 nitrogen and oxygen atoms in total. The molecule has 0 bridgehead atoms. The van der Waals surface area contributed by atoms with Gasteiger partial charge in [-0.25, -0.2) is 9.97 Å². The van der Waals surface area contributed by atoms with E-state index in [1.54, 1.807) is 31.0 Å². The summed E-state index contributed by atoms with van der Waals surface area (Å²) in [5, 5.41) is 3.33. The molecule has 0 saturated carbocycles. The maximum atomic E-state index is 4.42. The standard InChI is InChI=1S/C14H14N6/c1-11-16-7-8-20(11)14-13(3-2-4-18-14)19-10-12-9-15-5-6-17-12/h2-9,19H,10H2,1H3. The van der Waals surface area contributed by atoms with Crippen LogP contribution in [0.3, 0.4) is 0 Å². The van der Waals surface area contributed by atoms with Crippen molar-refractivity contribution in [3.05, 3.63) is 60.8 Å². The molecule has 0 saturated heterocycles. The molecule has 3 aromatic rings. The summed E-state index contributed by atoms with van der Waals surface area (Å²) in [7, 11) is 0. The lowest BCUT2D eigenvalue weighted by Crippen LogP contribution is -2.07. The average Bonchev–Trinajstić information content (AvgIpc) is 2.92. The lowest BCUT2D eigenvalue weighted by molar-refractivity contribution is 0.924. The van der Waals surface area contributed by atoms with E-state index in [1.165, 1.54) is 0 Å². The smallest absolute Gasteiger partial charge is 0.161 e. The van der Waals surface area contributed by atoms with Crippen molar-refractivity contribution in [1.82, 2.24) is 24.5 Å². The van der Waals surface area contributed by atoms with E-state index in [1.807, 2.05) is 29.8 Å². The lowest BCUT2D eigenvalue weighted by atomic mass is 10.3. The van der Waals surface area contributed by atoms with Crippen LogP contribution in [0.2, 0.25) is 0 Å². The summed E-state index contributed by atoms with van der Waals surface area (Å²) in [6, 6.07) is 3.88. The second-order valence-corrected chi connectivity index (χ2v) is 4.27. The first-order chi connectivity index (χ1) is 9.84. The Kier molecular flexibility index (Phi) is 3.36. The molecule has 20 heavy (non-hydrogen) atoms. The third-order valence-corrected chi connectivity index (χ3v) is 2.92. The zero-order chi connectivity index (χ0) is 13.8. The summed E-state index contributed by atoms with van der Waals surface area (Å²) in [5.41, 5.74) is 1.81. The Morgan fingerprint density at radius 1 is 1.10 bits per heavy atom. The Morgan fingerprint density at radius 3 is 2.80 bits per heavy atom. The van der Waals surface area contributed by atoms with Crippen LogP contribution in [0.1, 0.15) is 11.5 Å². The van der Waals surface area contributed by atoms with Crippen LogP contribution in [0, 0.1) is 6.92 Å². The third kappa shape index (κ3) is 2.49. The summed E-state index contributed by atoms with van der Waals surface area (Å²) in [5.74, 6) is 1.72. The van der Waals surface area contributed by atoms with Gasteiger partial charge in [0, 0.05) is 31.0 Å². The van der Waals surface area contributed by atoms with Crippen molar-refractivity contribution >= 4 is 5.69 Å². The van der Waals surface area contributed by atoms with E-state index >= 15 is 0 Å². The maximum Gasteiger partial charge on any atom is 0.161 e. The normalized spacial score (nSPS) is 10.4. The van der Waals surface area contributed by atoms with Crippen molar-refractivity contribution in [2.24, 2.45) is 0 Å². The minimum Gasteiger partial charge on any atom is -0.376 e. The van der Waals surface area contributed by atoms with E-state index in [4.69, 9.17) is 0 Å². The zero-order valence-electron chi connectivity index (χ0n) is 11.1. The molecule has 3 rings (SSSR count). The second kappa shape index (κ2) is 5.48. The molecule has 0 radical (unpaired) electrons. The largest absolute Gasteiger partial charge is 0.376 e. The van der Waals surface area contributed by atoms with Crippen LogP contribution < -0.4 is 5.32 Å². The second-order valence-electron chi connectivity index (χ2n) is 4.27. The Labute approximate surface area is 116 Å². The Hall–Kier alpha value is -2.76. The molecular formula is C14H14N6. The number of pyridine rings is 1. The summed E-state index contributed by atoms with van der Waals surface area (Å²) < 4.78 is 1.94. The first-order valence-electron chi connectivity index (χ1n) is 6.29. The molecule has 100 valence electrons. The highest BCUT2D eigenvalue weighted by atomic mass is 15.1. The van der Waals surface area contributed by atoms with Crippen molar-refractivity contribution in [3.8, 4) is 5.82 Å². The lowest BCUT2D eigenvalue weighted by Gasteiger charge is -2.12. The van der Waals surface area contributed by atoms with Gasteiger partial charge in [0.2, 0.25) is 0 Å². The summed E-state index contributed by atoms with van der Waals surface area (Å²) in [6.07, 6.45) is 10.5. The van der Waals surface area contributed by atoms with Gasteiger partial charge in [-0.2, -0.15) is 0 Å². The summed E-state index contributed by atoms with van der Waals surface area (Å²) >= 11 is 0. The van der Waals surface area contributed by atoms with Gasteiger partial charge in [-0.3, -0.25) is 14.5 Å². The quantitative estimate of drug-likeness (QED) is 0.782. The fourth-order valence-electron chi connectivity index (χ4n) is 1.94. The van der Waals surface area contributed by atoms with Gasteiger partial charge in [-0.15, -0.1) is 0 Å². The Morgan fingerprint density at radius 2 is 2.05 bits per heavy atom. The molecule has 1 N–H and O–H groups in total. The van der Waals surface area contributed by atoms with Crippen LogP contribution >= 0.6 is 0 Å². The summed E-state index contributed by atoms with van der Waals surface area (Å²) in [6.45, 7) is 2.54. The number of aromatic nitrogens is 5. The fraction of sp³-hybridized carbons (Fsp3) is 0.143. The number of hydrogen-bond acceptors (Lipinski definition) is 5. The molecule has 3 heterocycles. The molecule has 3 aromatic heterocycles. The molecule has 0 fully saturated rings. The molecule has 0 aliphatic heterocycles. The molecule has 0 aromatic carbocycles. The van der Waals surface area contributed by atoms with Gasteiger partial charge in [0.25, 0.3) is 0 Å². The Balaban J connectivity index is 1.86. The topological polar surface area (TPSA) is 68.5 Å². The van der Waals surface area contributed by atoms with Crippen molar-refractivity contribution in [2.75, 3.05) is 5.32 Å². The fourth-order valence-corrected chi connectivity index (χ4v) is 1.94. The monoisotopic (exact) mass is 266 g/mol. The molecule has 0 aliphatic carbocycles. The number of anilines is 1. The van der Waals surface area contributed by atoms with Gasteiger partial charge >= 0.3 is 0 Å². The van der Waals surface area contributed by atoms with Crippen LogP contribution in [0.15, 0.2) is 49.3 Å². The molecule has 0 unspecified atom stereocenters. The number of hydrogen-bond donors (Lipinski definition) is 1. The van der Waals surface area contributed by atoms with Crippen LogP contribution in [0.5, 0.6) is 0 Å². The minimum absolute atomic E-state index is 0.597. The molecule has 0 atom stereocenters. The molecule has 6 heteroatoms. The molecule has 0 amide bonds. The highest BCUT2D eigenvalue weighted by molar-refractivity contribution is 5.57. The van der Waals surface area contributed by atoms with E-state index in [0.29, 0.717) is 6.54 Å². The van der Waals surface area contributed by atoms with Crippen LogP contribution in [0.4, 0.5) is 5.69 Å². The van der Waals surface area contributed by atoms with Crippen molar-refractivity contribution < 1.29 is 0 Å². The third-order valence-electron chi connectivity index (χ3n) is 2.92. The van der Waals surface area contributed by atoms with Gasteiger partial charge < -0.3 is 5.32 Å². The van der Waals surface area contributed by atoms with Gasteiger partial charge in [-0.1, -0.05) is 0 Å². The number of imidazole rings is 1. The van der Waals surface area contributed by atoms with E-state index in [-0.39, 0.29) is 0 Å². The van der Waals surface area contributed by atoms with E-state index in [9.17, 15) is 0 Å². The van der Waals surface area contributed by atoms with Crippen molar-refractivity contribution in [3.63, 3.8) is 0 Å². The Bertz CT molecular complexity index is 692. The number of aryl methyl sites for hydroxylation is 1. The SMILES string of the molecule is Cc1nccn1-c1ncccc1NCc1cnccn1. The maximum absolute atomic E-state index is 4.42. The molecule has 0 spiro atoms. The van der Waals surface area contributed by atoms with Gasteiger partial charge in [0.1, 0.15) is 5.82 Å². The average molecular weight is 266 g/mol. The first-order valence-corrected chi connectivity index (χ1v) is 6.29. The predicted molar refractivity (Wildman–Crippen MR) is 75.5 cm³/mol. The van der Waals surface area contributed by atoms with E-state index < -0.39 is 0 Å². The minimum atomic E-state index is 0.597. The van der Waals surface area contributed by atoms with Crippen molar-refractivity contribution in [1.29, 1.82) is 0 Å². The number of nitrogens with zero attached hydrogens (tertiary/aromatic N) is 5. The molecule has 0 aliphatic rings. The number of rotatable bonds is 4. The number of nitrogens with one attached hydrogen (secondary N) is 1. The van der Waals surface area contributed by atoms with Crippen LogP contribution in [-0.4, -0.2) is 24.5 Å². The first kappa shape index (κ1) is 12.3. The summed E-state index contributed by atoms with van der Waals surface area (Å²) in [4.78, 5) is 16.9. The van der Waals surface area contributed by atoms with Crippen molar-refractivity contribution in [2.45, 2.75) is 13.5 Å². The van der Waals surface area contributed by atoms with Gasteiger partial charge in [-0.05, 0) is 19.1 Å².